The highest BCUT2D eigenvalue weighted by molar-refractivity contribution is 7.99. The summed E-state index contributed by atoms with van der Waals surface area (Å²) in [5.41, 5.74) is 1.07. The summed E-state index contributed by atoms with van der Waals surface area (Å²) in [4.78, 5) is 12.1. The molecule has 0 bridgehead atoms. The molecule has 0 spiro atoms. The third-order valence-electron chi connectivity index (χ3n) is 3.42. The zero-order valence-electron chi connectivity index (χ0n) is 12.1. The van der Waals surface area contributed by atoms with E-state index >= 15 is 0 Å². The number of amides is 1. The van der Waals surface area contributed by atoms with Gasteiger partial charge in [-0.2, -0.15) is 11.8 Å². The van der Waals surface area contributed by atoms with Crippen LogP contribution in [-0.2, 0) is 4.79 Å². The molecule has 6 heteroatoms. The first kappa shape index (κ1) is 18.6. The number of carbonyl (C=O) groups excluding carboxylic acids is 1. The Labute approximate surface area is 142 Å². The van der Waals surface area contributed by atoms with E-state index in [0.717, 1.165) is 30.0 Å². The summed E-state index contributed by atoms with van der Waals surface area (Å²) in [6.07, 6.45) is 1.41. The van der Waals surface area contributed by atoms with Gasteiger partial charge in [0.2, 0.25) is 5.91 Å². The van der Waals surface area contributed by atoms with Crippen molar-refractivity contribution >= 4 is 41.7 Å². The van der Waals surface area contributed by atoms with Crippen LogP contribution in [0.4, 0.5) is 0 Å². The lowest BCUT2D eigenvalue weighted by atomic mass is 10.0. The average molecular weight is 349 g/mol. The van der Waals surface area contributed by atoms with Crippen molar-refractivity contribution in [3.8, 4) is 0 Å². The molecule has 0 aliphatic carbocycles. The lowest BCUT2D eigenvalue weighted by Crippen LogP contribution is -2.41. The van der Waals surface area contributed by atoms with Crippen molar-refractivity contribution in [1.82, 2.24) is 10.6 Å². The van der Waals surface area contributed by atoms with Gasteiger partial charge in [-0.3, -0.25) is 4.79 Å². The number of benzene rings is 1. The van der Waals surface area contributed by atoms with Crippen molar-refractivity contribution in [3.63, 3.8) is 0 Å². The zero-order chi connectivity index (χ0) is 14.4. The van der Waals surface area contributed by atoms with E-state index in [0.29, 0.717) is 17.5 Å². The molecule has 1 aromatic carbocycles. The fraction of sp³-hybridized carbons (Fsp3) is 0.533. The van der Waals surface area contributed by atoms with Crippen LogP contribution >= 0.6 is 35.8 Å². The molecule has 2 N–H and O–H groups in total. The van der Waals surface area contributed by atoms with Crippen molar-refractivity contribution in [2.45, 2.75) is 31.8 Å². The van der Waals surface area contributed by atoms with Crippen LogP contribution in [0.15, 0.2) is 24.3 Å². The molecule has 1 saturated heterocycles. The van der Waals surface area contributed by atoms with Gasteiger partial charge in [0, 0.05) is 35.5 Å². The van der Waals surface area contributed by atoms with Gasteiger partial charge in [-0.05, 0) is 24.1 Å². The normalized spacial score (nSPS) is 19.4. The number of thioether (sulfide) groups is 1. The largest absolute Gasteiger partial charge is 0.349 e. The van der Waals surface area contributed by atoms with Gasteiger partial charge in [0.05, 0.1) is 6.04 Å². The first-order valence-electron chi connectivity index (χ1n) is 7.05. The Morgan fingerprint density at radius 3 is 3.00 bits per heavy atom. The summed E-state index contributed by atoms with van der Waals surface area (Å²) in [6.45, 7) is 3.06. The Hall–Kier alpha value is -0.420. The molecule has 2 rings (SSSR count). The molecular formula is C15H22Cl2N2OS. The molecule has 2 atom stereocenters. The number of nitrogens with one attached hydrogen (secondary N) is 2. The first-order chi connectivity index (χ1) is 9.69. The monoisotopic (exact) mass is 348 g/mol. The minimum Gasteiger partial charge on any atom is -0.349 e. The van der Waals surface area contributed by atoms with E-state index < -0.39 is 0 Å². The van der Waals surface area contributed by atoms with Gasteiger partial charge in [-0.1, -0.05) is 30.7 Å². The highest BCUT2D eigenvalue weighted by atomic mass is 35.5. The minimum absolute atomic E-state index is 0. The highest BCUT2D eigenvalue weighted by Crippen LogP contribution is 2.20. The second-order valence-electron chi connectivity index (χ2n) is 5.01. The number of carbonyl (C=O) groups is 1. The Morgan fingerprint density at radius 1 is 1.57 bits per heavy atom. The molecule has 1 aliphatic rings. The molecule has 118 valence electrons. The van der Waals surface area contributed by atoms with Gasteiger partial charge >= 0.3 is 0 Å². The van der Waals surface area contributed by atoms with Crippen LogP contribution in [0.25, 0.3) is 0 Å². The van der Waals surface area contributed by atoms with Crippen molar-refractivity contribution in [1.29, 1.82) is 0 Å². The Bertz CT molecular complexity index is 453. The number of hydrogen-bond acceptors (Lipinski definition) is 3. The average Bonchev–Trinajstić information content (AvgIpc) is 2.46. The van der Waals surface area contributed by atoms with E-state index in [4.69, 9.17) is 11.6 Å². The fourth-order valence-corrected chi connectivity index (χ4v) is 3.52. The zero-order valence-corrected chi connectivity index (χ0v) is 14.5. The molecule has 1 fully saturated rings. The number of rotatable bonds is 5. The van der Waals surface area contributed by atoms with Crippen LogP contribution in [0.1, 0.15) is 31.4 Å². The number of halogens is 2. The molecule has 1 heterocycles. The highest BCUT2D eigenvalue weighted by Gasteiger charge is 2.19. The lowest BCUT2D eigenvalue weighted by molar-refractivity contribution is -0.122. The van der Waals surface area contributed by atoms with E-state index in [9.17, 15) is 4.79 Å². The fourth-order valence-electron chi connectivity index (χ4n) is 2.37. The minimum atomic E-state index is 0. The summed E-state index contributed by atoms with van der Waals surface area (Å²) < 4.78 is 0. The van der Waals surface area contributed by atoms with Gasteiger partial charge in [-0.15, -0.1) is 12.4 Å². The summed E-state index contributed by atoms with van der Waals surface area (Å²) in [6, 6.07) is 8.04. The third kappa shape index (κ3) is 6.07. The summed E-state index contributed by atoms with van der Waals surface area (Å²) in [5, 5.41) is 7.21. The molecule has 1 aliphatic heterocycles. The molecule has 1 amide bonds. The maximum absolute atomic E-state index is 12.1. The van der Waals surface area contributed by atoms with Crippen LogP contribution in [-0.4, -0.2) is 30.0 Å². The maximum atomic E-state index is 12.1. The molecule has 0 radical (unpaired) electrons. The maximum Gasteiger partial charge on any atom is 0.222 e. The second kappa shape index (κ2) is 9.57. The van der Waals surface area contributed by atoms with Crippen molar-refractivity contribution < 1.29 is 4.79 Å². The Morgan fingerprint density at radius 2 is 2.38 bits per heavy atom. The number of hydrogen-bond donors (Lipinski definition) is 2. The van der Waals surface area contributed by atoms with Gasteiger partial charge in [0.15, 0.2) is 0 Å². The van der Waals surface area contributed by atoms with Crippen LogP contribution in [0.3, 0.4) is 0 Å². The van der Waals surface area contributed by atoms with E-state index in [2.05, 4.69) is 17.6 Å². The van der Waals surface area contributed by atoms with Gasteiger partial charge in [-0.25, -0.2) is 0 Å². The predicted octanol–water partition coefficient (Wildman–Crippen LogP) is 3.42. The molecular weight excluding hydrogens is 327 g/mol. The van der Waals surface area contributed by atoms with Crippen LogP contribution < -0.4 is 10.6 Å². The predicted molar refractivity (Wildman–Crippen MR) is 93.6 cm³/mol. The van der Waals surface area contributed by atoms with E-state index in [1.54, 1.807) is 0 Å². The Kier molecular flexibility index (Phi) is 8.49. The molecule has 21 heavy (non-hydrogen) atoms. The van der Waals surface area contributed by atoms with Crippen LogP contribution in [0, 0.1) is 0 Å². The topological polar surface area (TPSA) is 41.1 Å². The standard InChI is InChI=1S/C15H21ClN2OS.ClH/c1-2-14(11-4-3-5-12(16)8-11)18-15(19)9-13-10-20-7-6-17-13;/h3-5,8,13-14,17H,2,6-7,9-10H2,1H3,(H,18,19);1H. The molecule has 3 nitrogen and oxygen atoms in total. The Balaban J connectivity index is 0.00000220. The van der Waals surface area contributed by atoms with E-state index in [1.807, 2.05) is 36.0 Å². The van der Waals surface area contributed by atoms with Gasteiger partial charge in [0.1, 0.15) is 0 Å². The van der Waals surface area contributed by atoms with E-state index in [1.165, 1.54) is 0 Å². The SMILES string of the molecule is CCC(NC(=O)CC1CSCCN1)c1cccc(Cl)c1.Cl. The lowest BCUT2D eigenvalue weighted by Gasteiger charge is -2.24. The summed E-state index contributed by atoms with van der Waals surface area (Å²) in [7, 11) is 0. The second-order valence-corrected chi connectivity index (χ2v) is 6.60. The molecule has 2 unspecified atom stereocenters. The van der Waals surface area contributed by atoms with Crippen LogP contribution in [0.2, 0.25) is 5.02 Å². The molecule has 0 saturated carbocycles. The smallest absolute Gasteiger partial charge is 0.222 e. The quantitative estimate of drug-likeness (QED) is 0.856. The summed E-state index contributed by atoms with van der Waals surface area (Å²) in [5.74, 6) is 2.26. The summed E-state index contributed by atoms with van der Waals surface area (Å²) >= 11 is 7.92. The molecule has 1 aromatic rings. The van der Waals surface area contributed by atoms with Crippen molar-refractivity contribution in [2.24, 2.45) is 0 Å². The van der Waals surface area contributed by atoms with Gasteiger partial charge in [0.25, 0.3) is 0 Å². The van der Waals surface area contributed by atoms with Crippen molar-refractivity contribution in [2.75, 3.05) is 18.1 Å². The van der Waals surface area contributed by atoms with E-state index in [-0.39, 0.29) is 24.4 Å². The van der Waals surface area contributed by atoms with Gasteiger partial charge < -0.3 is 10.6 Å². The molecule has 0 aromatic heterocycles. The first-order valence-corrected chi connectivity index (χ1v) is 8.58. The van der Waals surface area contributed by atoms with Crippen LogP contribution in [0.5, 0.6) is 0 Å². The van der Waals surface area contributed by atoms with Crippen molar-refractivity contribution in [3.05, 3.63) is 34.9 Å². The third-order valence-corrected chi connectivity index (χ3v) is 4.79.